The van der Waals surface area contributed by atoms with Gasteiger partial charge in [0.1, 0.15) is 0 Å². The number of benzene rings is 1. The number of fused-ring (bicyclic) bond motifs is 1. The van der Waals surface area contributed by atoms with E-state index in [0.29, 0.717) is 58.9 Å². The Morgan fingerprint density at radius 2 is 1.55 bits per heavy atom. The number of hydrogen-bond acceptors (Lipinski definition) is 3. The van der Waals surface area contributed by atoms with Gasteiger partial charge in [0.2, 0.25) is 0 Å². The van der Waals surface area contributed by atoms with Crippen LogP contribution in [0.15, 0.2) is 44.0 Å². The summed E-state index contributed by atoms with van der Waals surface area (Å²) >= 11 is 11.8. The summed E-state index contributed by atoms with van der Waals surface area (Å²) < 4.78 is 7.85. The first kappa shape index (κ1) is 14.9. The molecule has 7 heteroatoms. The predicted octanol–water partition coefficient (Wildman–Crippen LogP) is 1.45. The molecule has 0 amide bonds. The average molecular weight is 574 g/mol. The van der Waals surface area contributed by atoms with Crippen LogP contribution in [0.4, 0.5) is 0 Å². The van der Waals surface area contributed by atoms with E-state index in [1.807, 2.05) is 23.5 Å². The molecule has 0 unspecified atom stereocenters. The summed E-state index contributed by atoms with van der Waals surface area (Å²) in [5.74, 6) is 0. The van der Waals surface area contributed by atoms with Crippen LogP contribution in [-0.2, 0) is 0 Å². The summed E-state index contributed by atoms with van der Waals surface area (Å²) in [5, 5.41) is 0. The molecule has 20 heavy (non-hydrogen) atoms. The zero-order chi connectivity index (χ0) is 13.5. The van der Waals surface area contributed by atoms with E-state index >= 15 is 0 Å². The zero-order valence-electron chi connectivity index (χ0n) is 9.82. The van der Waals surface area contributed by atoms with Crippen LogP contribution in [0.2, 0.25) is 0 Å². The Kier molecular flexibility index (Phi) is 4.78. The van der Waals surface area contributed by atoms with Crippen molar-refractivity contribution in [2.45, 2.75) is 9.79 Å². The van der Waals surface area contributed by atoms with E-state index < -0.39 is 0 Å². The quantitative estimate of drug-likeness (QED) is 0.346. The van der Waals surface area contributed by atoms with Gasteiger partial charge in [-0.3, -0.25) is 0 Å². The Labute approximate surface area is 155 Å². The van der Waals surface area contributed by atoms with E-state index in [4.69, 9.17) is 12.2 Å². The van der Waals surface area contributed by atoms with Gasteiger partial charge in [0, 0.05) is 0 Å². The molecule has 0 bridgehead atoms. The van der Waals surface area contributed by atoms with Crippen molar-refractivity contribution in [2.75, 3.05) is 0 Å². The number of thioether (sulfide) groups is 2. The summed E-state index contributed by atoms with van der Waals surface area (Å²) in [6.07, 6.45) is 0. The van der Waals surface area contributed by atoms with Gasteiger partial charge >= 0.3 is 157 Å². The van der Waals surface area contributed by atoms with Crippen molar-refractivity contribution in [1.29, 1.82) is 0 Å². The van der Waals surface area contributed by atoms with Crippen molar-refractivity contribution in [3.63, 3.8) is 0 Å². The molecule has 2 aliphatic heterocycles. The van der Waals surface area contributed by atoms with Crippen LogP contribution in [0.3, 0.4) is 0 Å². The molecule has 0 saturated heterocycles. The number of hydrogen-bond donors (Lipinski definition) is 0. The Bertz CT molecular complexity index is 854. The molecule has 0 spiro atoms. The van der Waals surface area contributed by atoms with Crippen LogP contribution < -0.4 is 7.06 Å². The van der Waals surface area contributed by atoms with Gasteiger partial charge in [-0.25, -0.2) is 0 Å². The topological polar surface area (TPSA) is 0 Å². The maximum absolute atomic E-state index is 5.70. The van der Waals surface area contributed by atoms with Gasteiger partial charge in [0.25, 0.3) is 0 Å². The van der Waals surface area contributed by atoms with Crippen LogP contribution in [0.25, 0.3) is 7.61 Å². The van der Waals surface area contributed by atoms with Crippen molar-refractivity contribution in [3.8, 4) is 0 Å². The first-order valence-electron chi connectivity index (χ1n) is 5.63. The van der Waals surface area contributed by atoms with Gasteiger partial charge in [0.05, 0.1) is 0 Å². The fourth-order valence-electron chi connectivity index (χ4n) is 1.73. The van der Waals surface area contributed by atoms with E-state index in [2.05, 4.69) is 34.2 Å². The Balaban J connectivity index is 1.86. The Morgan fingerprint density at radius 1 is 0.900 bits per heavy atom. The molecule has 0 nitrogen and oxygen atoms in total. The third-order valence-corrected chi connectivity index (χ3v) is 20.6. The molecule has 100 valence electrons. The Hall–Kier alpha value is 1.31. The zero-order valence-corrected chi connectivity index (χ0v) is 19.1. The minimum atomic E-state index is 0.434. The van der Waals surface area contributed by atoms with E-state index in [0.717, 1.165) is 0 Å². The molecule has 0 atom stereocenters. The SMILES string of the molecule is S=c1[se]c(=C2Sc3ccccc3S2)[se]c1=C1[Se]C=C[Se]1. The average Bonchev–Trinajstić information content (AvgIpc) is 3.16. The molecule has 3 heterocycles. The van der Waals surface area contributed by atoms with E-state index in [1.54, 1.807) is 10.4 Å². The molecule has 0 aliphatic carbocycles. The van der Waals surface area contributed by atoms with Crippen LogP contribution in [0.1, 0.15) is 0 Å². The summed E-state index contributed by atoms with van der Waals surface area (Å²) in [6.45, 7) is 0. The second kappa shape index (κ2) is 6.43. The fourth-order valence-corrected chi connectivity index (χ4v) is 20.0. The summed E-state index contributed by atoms with van der Waals surface area (Å²) in [4.78, 5) is 7.60. The summed E-state index contributed by atoms with van der Waals surface area (Å²) in [7, 11) is 0. The molecule has 4 rings (SSSR count). The van der Waals surface area contributed by atoms with Crippen molar-refractivity contribution in [1.82, 2.24) is 0 Å². The summed E-state index contributed by atoms with van der Waals surface area (Å²) in [6, 6.07) is 8.75. The summed E-state index contributed by atoms with van der Waals surface area (Å²) in [5.41, 5.74) is 0. The molecule has 0 radical (unpaired) electrons. The molecule has 0 N–H and O–H groups in total. The van der Waals surface area contributed by atoms with Crippen molar-refractivity contribution in [2.24, 2.45) is 0 Å². The first-order valence-corrected chi connectivity index (χ1v) is 14.8. The maximum atomic E-state index is 5.70. The van der Waals surface area contributed by atoms with Crippen molar-refractivity contribution < 1.29 is 0 Å². The van der Waals surface area contributed by atoms with Crippen LogP contribution in [-0.4, -0.2) is 58.9 Å². The monoisotopic (exact) mass is 578 g/mol. The van der Waals surface area contributed by atoms with Crippen molar-refractivity contribution in [3.05, 3.63) is 44.7 Å². The number of rotatable bonds is 0. The molecule has 2 aliphatic rings. The van der Waals surface area contributed by atoms with Gasteiger partial charge < -0.3 is 0 Å². The third-order valence-electron chi connectivity index (χ3n) is 2.58. The Morgan fingerprint density at radius 3 is 2.20 bits per heavy atom. The molecular formula is C13H6S3Se4. The fraction of sp³-hybridized carbons (Fsp3) is 0. The van der Waals surface area contributed by atoms with Gasteiger partial charge in [-0.15, -0.1) is 0 Å². The van der Waals surface area contributed by atoms with E-state index in [9.17, 15) is 0 Å². The van der Waals surface area contributed by atoms with Crippen LogP contribution >= 0.6 is 35.7 Å². The first-order chi connectivity index (χ1) is 9.81. The third kappa shape index (κ3) is 2.89. The second-order valence-corrected chi connectivity index (χ2v) is 17.9. The van der Waals surface area contributed by atoms with Gasteiger partial charge in [-0.1, -0.05) is 0 Å². The van der Waals surface area contributed by atoms with Crippen LogP contribution in [0, 0.1) is 3.38 Å². The van der Waals surface area contributed by atoms with Crippen LogP contribution in [0.5, 0.6) is 0 Å². The molecule has 2 aromatic rings. The minimum absolute atomic E-state index is 0.434. The second-order valence-electron chi connectivity index (χ2n) is 3.84. The predicted molar refractivity (Wildman–Crippen MR) is 96.0 cm³/mol. The van der Waals surface area contributed by atoms with E-state index in [1.165, 1.54) is 17.4 Å². The van der Waals surface area contributed by atoms with Gasteiger partial charge in [-0.05, 0) is 0 Å². The molecule has 0 saturated carbocycles. The van der Waals surface area contributed by atoms with Gasteiger partial charge in [0.15, 0.2) is 0 Å². The molecule has 1 aromatic carbocycles. The van der Waals surface area contributed by atoms with E-state index in [-0.39, 0.29) is 0 Å². The normalized spacial score (nSPS) is 17.0. The van der Waals surface area contributed by atoms with Gasteiger partial charge in [-0.2, -0.15) is 0 Å². The molecule has 1 aromatic heterocycles. The molecular weight excluding hydrogens is 568 g/mol. The van der Waals surface area contributed by atoms with Crippen molar-refractivity contribution >= 4 is 102 Å². The molecule has 0 fully saturated rings. The standard InChI is InChI=1S/C13H6S3Se4/c14-10-9(12-17-5-6-18-12)19-13(20-10)11-15-7-3-1-2-4-8(7)16-11/h1-6H.